The molecule has 0 saturated carbocycles. The first-order valence-corrected chi connectivity index (χ1v) is 11.1. The molecule has 0 aliphatic rings. The molecule has 0 fully saturated rings. The van der Waals surface area contributed by atoms with Crippen LogP contribution in [-0.4, -0.2) is 31.3 Å². The predicted molar refractivity (Wildman–Crippen MR) is 131 cm³/mol. The van der Waals surface area contributed by atoms with Crippen LogP contribution in [0.25, 0.3) is 0 Å². The molecule has 0 spiro atoms. The monoisotopic (exact) mass is 500 g/mol. The molecule has 0 aliphatic heterocycles. The number of esters is 1. The van der Waals surface area contributed by atoms with Crippen LogP contribution in [0.15, 0.2) is 71.8 Å². The second-order valence-electron chi connectivity index (χ2n) is 6.89. The van der Waals surface area contributed by atoms with E-state index < -0.39 is 11.9 Å². The standard InChI is InChI=1S/C25H22Cl2N2O5/c1-2-32-24(30)16-33-20-7-5-6-17(12-20)14-28-29-25(31)21-8-3-4-9-23(21)34-15-18-10-11-19(26)13-22(18)27/h3-14H,2,15-16H2,1H3,(H,29,31)/b28-14+. The van der Waals surface area contributed by atoms with E-state index in [4.69, 9.17) is 37.4 Å². The van der Waals surface area contributed by atoms with Gasteiger partial charge in [0.2, 0.25) is 0 Å². The first kappa shape index (κ1) is 25.1. The summed E-state index contributed by atoms with van der Waals surface area (Å²) in [5.74, 6) is -0.0321. The summed E-state index contributed by atoms with van der Waals surface area (Å²) in [7, 11) is 0. The van der Waals surface area contributed by atoms with Crippen LogP contribution in [0.2, 0.25) is 10.0 Å². The van der Waals surface area contributed by atoms with Crippen molar-refractivity contribution in [1.82, 2.24) is 5.43 Å². The smallest absolute Gasteiger partial charge is 0.344 e. The van der Waals surface area contributed by atoms with Gasteiger partial charge in [0.15, 0.2) is 6.61 Å². The lowest BCUT2D eigenvalue weighted by atomic mass is 10.2. The molecule has 0 atom stereocenters. The zero-order valence-electron chi connectivity index (χ0n) is 18.3. The molecule has 1 amide bonds. The fourth-order valence-electron chi connectivity index (χ4n) is 2.83. The normalized spacial score (nSPS) is 10.7. The van der Waals surface area contributed by atoms with E-state index in [2.05, 4.69) is 10.5 Å². The van der Waals surface area contributed by atoms with Crippen LogP contribution in [0.1, 0.15) is 28.4 Å². The molecule has 3 aromatic carbocycles. The Morgan fingerprint density at radius 3 is 2.62 bits per heavy atom. The minimum absolute atomic E-state index is 0.169. The summed E-state index contributed by atoms with van der Waals surface area (Å²) in [5, 5.41) is 5.01. The molecule has 0 saturated heterocycles. The SMILES string of the molecule is CCOC(=O)COc1cccc(/C=N/NC(=O)c2ccccc2OCc2ccc(Cl)cc2Cl)c1. The summed E-state index contributed by atoms with van der Waals surface area (Å²) < 4.78 is 16.0. The van der Waals surface area contributed by atoms with E-state index in [0.717, 1.165) is 5.56 Å². The van der Waals surface area contributed by atoms with Crippen molar-refractivity contribution < 1.29 is 23.8 Å². The first-order chi connectivity index (χ1) is 16.5. The highest BCUT2D eigenvalue weighted by molar-refractivity contribution is 6.35. The zero-order valence-corrected chi connectivity index (χ0v) is 19.8. The Kier molecular flexibility index (Phi) is 9.31. The van der Waals surface area contributed by atoms with Crippen molar-refractivity contribution in [3.8, 4) is 11.5 Å². The van der Waals surface area contributed by atoms with Gasteiger partial charge in [-0.1, -0.05) is 53.5 Å². The molecule has 0 unspecified atom stereocenters. The van der Waals surface area contributed by atoms with Gasteiger partial charge in [-0.3, -0.25) is 4.79 Å². The molecule has 0 aliphatic carbocycles. The summed E-state index contributed by atoms with van der Waals surface area (Å²) in [6.07, 6.45) is 1.46. The van der Waals surface area contributed by atoms with Gasteiger partial charge in [-0.25, -0.2) is 10.2 Å². The summed E-state index contributed by atoms with van der Waals surface area (Å²) >= 11 is 12.1. The Labute approximate surface area is 207 Å². The number of carbonyl (C=O) groups is 2. The summed E-state index contributed by atoms with van der Waals surface area (Å²) in [6.45, 7) is 1.99. The van der Waals surface area contributed by atoms with Crippen LogP contribution in [-0.2, 0) is 16.1 Å². The average Bonchev–Trinajstić information content (AvgIpc) is 2.83. The Morgan fingerprint density at radius 1 is 1.00 bits per heavy atom. The molecular formula is C25H22Cl2N2O5. The highest BCUT2D eigenvalue weighted by Gasteiger charge is 2.12. The molecule has 0 radical (unpaired) electrons. The van der Waals surface area contributed by atoms with Crippen LogP contribution >= 0.6 is 23.2 Å². The van der Waals surface area contributed by atoms with Crippen molar-refractivity contribution in [2.75, 3.05) is 13.2 Å². The minimum atomic E-state index is -0.451. The van der Waals surface area contributed by atoms with Crippen molar-refractivity contribution in [2.24, 2.45) is 5.10 Å². The molecule has 0 aromatic heterocycles. The lowest BCUT2D eigenvalue weighted by Gasteiger charge is -2.11. The topological polar surface area (TPSA) is 86.2 Å². The number of hydrogen-bond donors (Lipinski definition) is 1. The van der Waals surface area contributed by atoms with Crippen LogP contribution in [0, 0.1) is 0 Å². The summed E-state index contributed by atoms with van der Waals surface area (Å²) in [6, 6.07) is 18.8. The summed E-state index contributed by atoms with van der Waals surface area (Å²) in [4.78, 5) is 24.1. The molecule has 34 heavy (non-hydrogen) atoms. The lowest BCUT2D eigenvalue weighted by Crippen LogP contribution is -2.18. The van der Waals surface area contributed by atoms with E-state index in [9.17, 15) is 9.59 Å². The van der Waals surface area contributed by atoms with Crippen molar-refractivity contribution in [1.29, 1.82) is 0 Å². The number of halogens is 2. The number of hydrogen-bond acceptors (Lipinski definition) is 6. The highest BCUT2D eigenvalue weighted by atomic mass is 35.5. The summed E-state index contributed by atoms with van der Waals surface area (Å²) in [5.41, 5.74) is 4.21. The van der Waals surface area contributed by atoms with Gasteiger partial charge < -0.3 is 14.2 Å². The largest absolute Gasteiger partial charge is 0.488 e. The third kappa shape index (κ3) is 7.50. The van der Waals surface area contributed by atoms with Crippen molar-refractivity contribution >= 4 is 41.3 Å². The van der Waals surface area contributed by atoms with Crippen LogP contribution < -0.4 is 14.9 Å². The maximum atomic E-state index is 12.7. The Morgan fingerprint density at radius 2 is 1.82 bits per heavy atom. The van der Waals surface area contributed by atoms with Gasteiger partial charge >= 0.3 is 5.97 Å². The Bertz CT molecular complexity index is 1180. The molecular weight excluding hydrogens is 479 g/mol. The third-order valence-corrected chi connectivity index (χ3v) is 5.02. The number of hydrazone groups is 1. The van der Waals surface area contributed by atoms with Crippen molar-refractivity contribution in [2.45, 2.75) is 13.5 Å². The molecule has 0 heterocycles. The van der Waals surface area contributed by atoms with Gasteiger partial charge in [-0.15, -0.1) is 0 Å². The van der Waals surface area contributed by atoms with Crippen molar-refractivity contribution in [3.05, 3.63) is 93.5 Å². The number of para-hydroxylation sites is 1. The van der Waals surface area contributed by atoms with Gasteiger partial charge in [0.1, 0.15) is 18.1 Å². The molecule has 9 heteroatoms. The second kappa shape index (κ2) is 12.6. The average molecular weight is 501 g/mol. The zero-order chi connectivity index (χ0) is 24.3. The highest BCUT2D eigenvalue weighted by Crippen LogP contribution is 2.24. The van der Waals surface area contributed by atoms with E-state index in [1.807, 2.05) is 0 Å². The predicted octanol–water partition coefficient (Wildman–Crippen LogP) is 5.28. The molecule has 176 valence electrons. The molecule has 0 bridgehead atoms. The van der Waals surface area contributed by atoms with Gasteiger partial charge in [-0.05, 0) is 48.9 Å². The number of benzene rings is 3. The molecule has 3 aromatic rings. The fourth-order valence-corrected chi connectivity index (χ4v) is 3.29. The van der Waals surface area contributed by atoms with Crippen LogP contribution in [0.4, 0.5) is 0 Å². The Hall–Kier alpha value is -3.55. The van der Waals surface area contributed by atoms with Crippen LogP contribution in [0.5, 0.6) is 11.5 Å². The van der Waals surface area contributed by atoms with E-state index in [0.29, 0.717) is 32.7 Å². The quantitative estimate of drug-likeness (QED) is 0.232. The Balaban J connectivity index is 1.60. The maximum absolute atomic E-state index is 12.7. The van der Waals surface area contributed by atoms with Gasteiger partial charge in [0.05, 0.1) is 18.4 Å². The maximum Gasteiger partial charge on any atom is 0.344 e. The van der Waals surface area contributed by atoms with Gasteiger partial charge in [0.25, 0.3) is 5.91 Å². The minimum Gasteiger partial charge on any atom is -0.488 e. The number of ether oxygens (including phenoxy) is 3. The number of nitrogens with zero attached hydrogens (tertiary/aromatic N) is 1. The van der Waals surface area contributed by atoms with Crippen molar-refractivity contribution in [3.63, 3.8) is 0 Å². The van der Waals surface area contributed by atoms with E-state index in [1.54, 1.807) is 73.7 Å². The molecule has 1 N–H and O–H groups in total. The second-order valence-corrected chi connectivity index (χ2v) is 7.73. The van der Waals surface area contributed by atoms with Crippen LogP contribution in [0.3, 0.4) is 0 Å². The number of rotatable bonds is 10. The molecule has 7 nitrogen and oxygen atoms in total. The van der Waals surface area contributed by atoms with Gasteiger partial charge in [0, 0.05) is 15.6 Å². The van der Waals surface area contributed by atoms with E-state index in [1.165, 1.54) is 6.21 Å². The van der Waals surface area contributed by atoms with Gasteiger partial charge in [-0.2, -0.15) is 5.10 Å². The molecule has 3 rings (SSSR count). The fraction of sp³-hybridized carbons (Fsp3) is 0.160. The van der Waals surface area contributed by atoms with E-state index >= 15 is 0 Å². The van der Waals surface area contributed by atoms with E-state index in [-0.39, 0.29) is 19.8 Å². The number of carbonyl (C=O) groups excluding carboxylic acids is 2. The third-order valence-electron chi connectivity index (χ3n) is 4.43. The lowest BCUT2D eigenvalue weighted by molar-refractivity contribution is -0.145. The number of nitrogens with one attached hydrogen (secondary N) is 1. The first-order valence-electron chi connectivity index (χ1n) is 10.3. The number of amides is 1.